The van der Waals surface area contributed by atoms with Crippen molar-refractivity contribution in [2.75, 3.05) is 9.80 Å². The third-order valence-corrected chi connectivity index (χ3v) is 22.0. The lowest BCUT2D eigenvalue weighted by atomic mass is 9.66. The molecular formula is C88H57N5S. The van der Waals surface area contributed by atoms with Crippen LogP contribution in [-0.2, 0) is 10.8 Å². The highest BCUT2D eigenvalue weighted by molar-refractivity contribution is 7.25. The van der Waals surface area contributed by atoms with Crippen LogP contribution in [0.4, 0.5) is 34.1 Å². The van der Waals surface area contributed by atoms with E-state index < -0.39 is 5.41 Å². The maximum atomic E-state index is 5.13. The molecule has 94 heavy (non-hydrogen) atoms. The molecule has 0 atom stereocenters. The fourth-order valence-corrected chi connectivity index (χ4v) is 18.2. The molecule has 2 aliphatic carbocycles. The summed E-state index contributed by atoms with van der Waals surface area (Å²) in [6.07, 6.45) is 6.10. The number of hydrogen-bond acceptors (Lipinski definition) is 5. The second-order valence-corrected chi connectivity index (χ2v) is 27.0. The summed E-state index contributed by atoms with van der Waals surface area (Å²) in [5.41, 5.74) is 27.7. The molecule has 0 N–H and O–H groups in total. The van der Waals surface area contributed by atoms with Crippen molar-refractivity contribution in [1.82, 2.24) is 14.5 Å². The van der Waals surface area contributed by atoms with E-state index in [1.165, 1.54) is 164 Å². The molecule has 13 aromatic carbocycles. The molecule has 17 aromatic rings. The second kappa shape index (κ2) is 19.9. The molecule has 0 unspecified atom stereocenters. The maximum Gasteiger partial charge on any atom is 0.0753 e. The predicted molar refractivity (Wildman–Crippen MR) is 393 cm³/mol. The first kappa shape index (κ1) is 53.0. The van der Waals surface area contributed by atoms with Crippen LogP contribution in [-0.4, -0.2) is 14.5 Å². The number of para-hydroxylation sites is 4. The molecule has 6 heteroatoms. The summed E-state index contributed by atoms with van der Waals surface area (Å²) in [4.78, 5) is 15.0. The van der Waals surface area contributed by atoms with Crippen LogP contribution in [0, 0.1) is 0 Å². The maximum absolute atomic E-state index is 5.13. The minimum Gasteiger partial charge on any atom is -0.309 e. The molecule has 5 nitrogen and oxygen atoms in total. The van der Waals surface area contributed by atoms with Crippen molar-refractivity contribution in [3.63, 3.8) is 0 Å². The van der Waals surface area contributed by atoms with E-state index in [0.29, 0.717) is 0 Å². The van der Waals surface area contributed by atoms with Crippen LogP contribution in [0.5, 0.6) is 0 Å². The summed E-state index contributed by atoms with van der Waals surface area (Å²) in [6.45, 7) is 4.72. The van der Waals surface area contributed by atoms with Crippen molar-refractivity contribution in [1.29, 1.82) is 0 Å². The number of nitrogens with zero attached hydrogens (tertiary/aromatic N) is 5. The molecule has 4 aromatic heterocycles. The van der Waals surface area contributed by atoms with Crippen molar-refractivity contribution in [2.24, 2.45) is 0 Å². The molecular weight excluding hydrogens is 1160 g/mol. The molecule has 0 spiro atoms. The van der Waals surface area contributed by atoms with Crippen LogP contribution in [0.2, 0.25) is 0 Å². The zero-order valence-corrected chi connectivity index (χ0v) is 52.4. The minimum absolute atomic E-state index is 0.120. The van der Waals surface area contributed by atoms with Crippen LogP contribution in [0.3, 0.4) is 0 Å². The molecule has 0 saturated carbocycles. The van der Waals surface area contributed by atoms with Crippen LogP contribution in [0.15, 0.2) is 310 Å². The zero-order chi connectivity index (χ0) is 62.0. The van der Waals surface area contributed by atoms with Gasteiger partial charge in [0.15, 0.2) is 0 Å². The number of fused-ring (bicyclic) bond motifs is 18. The number of thiophene rings is 1. The number of benzene rings is 13. The molecule has 0 fully saturated rings. The van der Waals surface area contributed by atoms with Crippen molar-refractivity contribution in [2.45, 2.75) is 24.7 Å². The van der Waals surface area contributed by atoms with Gasteiger partial charge in [-0.05, 0) is 158 Å². The Bertz CT molecular complexity index is 6000. The van der Waals surface area contributed by atoms with Gasteiger partial charge in [0.25, 0.3) is 0 Å². The van der Waals surface area contributed by atoms with E-state index in [-0.39, 0.29) is 5.41 Å². The molecule has 0 bridgehead atoms. The number of rotatable bonds is 5. The lowest BCUT2D eigenvalue weighted by molar-refractivity contribution is 0.666. The topological polar surface area (TPSA) is 37.2 Å². The standard InChI is InChI=1S/C46H28N2S.C42H29N3/c1-3-13-29(14-4-1)46(30-15-5-2-6-16-30)38-20-12-26-47-45(38)37-28-36-32-17-7-9-21-39(32)48(40-22-11-19-34(43(36)40)44(37)46)31-24-25-42-35(27-31)33-18-8-10-23-41(33)49-42;1-42(2)35-17-9-6-14-28(35)33-23-32-30-16-8-11-19-37(30)45(39-25-43-24-34(40(32)39)41(33)42)27-20-21-38-31(22-27)29-15-7-10-18-36(29)44(38)26-12-4-3-5-13-26/h1-28H;3-25H,1-2H3. The fourth-order valence-electron chi connectivity index (χ4n) is 17.1. The van der Waals surface area contributed by atoms with Gasteiger partial charge in [-0.2, -0.15) is 0 Å². The Hall–Kier alpha value is -11.7. The average molecular weight is 1220 g/mol. The fraction of sp³-hybridized carbons (Fsp3) is 0.0455. The van der Waals surface area contributed by atoms with Crippen molar-refractivity contribution < 1.29 is 0 Å². The largest absolute Gasteiger partial charge is 0.309 e. The van der Waals surface area contributed by atoms with E-state index in [0.717, 1.165) is 17.1 Å². The normalized spacial score (nSPS) is 14.0. The van der Waals surface area contributed by atoms with Crippen LogP contribution in [0.1, 0.15) is 47.2 Å². The molecule has 0 amide bonds. The van der Waals surface area contributed by atoms with Gasteiger partial charge in [-0.3, -0.25) is 9.97 Å². The van der Waals surface area contributed by atoms with E-state index in [4.69, 9.17) is 9.97 Å². The van der Waals surface area contributed by atoms with Crippen LogP contribution >= 0.6 is 11.3 Å². The van der Waals surface area contributed by atoms with E-state index >= 15 is 0 Å². The van der Waals surface area contributed by atoms with E-state index in [2.05, 4.69) is 332 Å². The summed E-state index contributed by atoms with van der Waals surface area (Å²) in [6, 6.07) is 107. The van der Waals surface area contributed by atoms with Gasteiger partial charge in [-0.25, -0.2) is 0 Å². The highest BCUT2D eigenvalue weighted by Crippen LogP contribution is 2.63. The summed E-state index contributed by atoms with van der Waals surface area (Å²) < 4.78 is 5.01. The zero-order valence-electron chi connectivity index (χ0n) is 51.6. The Morgan fingerprint density at radius 1 is 0.330 bits per heavy atom. The Labute approximate surface area is 548 Å². The van der Waals surface area contributed by atoms with Crippen LogP contribution < -0.4 is 9.80 Å². The predicted octanol–water partition coefficient (Wildman–Crippen LogP) is 23.5. The van der Waals surface area contributed by atoms with Crippen LogP contribution in [0.25, 0.3) is 114 Å². The molecule has 440 valence electrons. The first-order valence-electron chi connectivity index (χ1n) is 32.4. The van der Waals surface area contributed by atoms with E-state index in [9.17, 15) is 0 Å². The smallest absolute Gasteiger partial charge is 0.0753 e. The first-order valence-corrected chi connectivity index (χ1v) is 33.3. The number of pyridine rings is 2. The quantitative estimate of drug-likeness (QED) is 0.172. The minimum atomic E-state index is -0.533. The van der Waals surface area contributed by atoms with Crippen molar-refractivity contribution >= 4 is 109 Å². The summed E-state index contributed by atoms with van der Waals surface area (Å²) in [7, 11) is 0. The number of aromatic nitrogens is 3. The van der Waals surface area contributed by atoms with Gasteiger partial charge >= 0.3 is 0 Å². The lowest BCUT2D eigenvalue weighted by Gasteiger charge is -2.37. The molecule has 21 rings (SSSR count). The SMILES string of the molecule is CC1(C)c2ccccc2-c2cc3c4c(cncc4c21)N(c1ccc2c(c1)c1ccccc1n2-c1ccccc1)c1ccccc1-3.c1ccc(C2(c3ccccc3)c3cccnc3-c3cc4c5c(cccc5c32)N(c2ccc3sc5ccccc5c3c2)c2ccccc2-4)cc1. The van der Waals surface area contributed by atoms with Gasteiger partial charge in [0.1, 0.15) is 0 Å². The average Bonchev–Trinajstić information content (AvgIpc) is 1.41. The number of anilines is 6. The molecule has 2 aliphatic heterocycles. The summed E-state index contributed by atoms with van der Waals surface area (Å²) in [5, 5.41) is 10.1. The van der Waals surface area contributed by atoms with E-state index in [1.807, 2.05) is 17.5 Å². The highest BCUT2D eigenvalue weighted by Gasteiger charge is 2.49. The third-order valence-electron chi connectivity index (χ3n) is 20.8. The van der Waals surface area contributed by atoms with E-state index in [1.54, 1.807) is 0 Å². The van der Waals surface area contributed by atoms with Crippen molar-refractivity contribution in [3.05, 3.63) is 343 Å². The van der Waals surface area contributed by atoms with Crippen molar-refractivity contribution in [3.8, 4) is 50.3 Å². The van der Waals surface area contributed by atoms with Gasteiger partial charge in [0.2, 0.25) is 0 Å². The van der Waals surface area contributed by atoms with Gasteiger partial charge in [0, 0.05) is 98.7 Å². The third kappa shape index (κ3) is 7.23. The summed E-state index contributed by atoms with van der Waals surface area (Å²) in [5.74, 6) is 0. The molecule has 6 heterocycles. The number of hydrogen-bond donors (Lipinski definition) is 0. The Morgan fingerprint density at radius 2 is 0.883 bits per heavy atom. The van der Waals surface area contributed by atoms with Gasteiger partial charge in [-0.1, -0.05) is 208 Å². The highest BCUT2D eigenvalue weighted by atomic mass is 32.1. The van der Waals surface area contributed by atoms with Gasteiger partial charge < -0.3 is 14.4 Å². The van der Waals surface area contributed by atoms with Gasteiger partial charge in [0.05, 0.1) is 51.1 Å². The first-order chi connectivity index (χ1) is 46.4. The molecule has 0 radical (unpaired) electrons. The monoisotopic (exact) mass is 1220 g/mol. The molecule has 4 aliphatic rings. The summed E-state index contributed by atoms with van der Waals surface area (Å²) >= 11 is 1.86. The second-order valence-electron chi connectivity index (χ2n) is 25.9. The Balaban J connectivity index is 0.000000130. The van der Waals surface area contributed by atoms with Gasteiger partial charge in [-0.15, -0.1) is 11.3 Å². The molecule has 0 saturated heterocycles. The lowest BCUT2D eigenvalue weighted by Crippen LogP contribution is -2.29. The Morgan fingerprint density at radius 3 is 1.64 bits per heavy atom. The Kier molecular flexibility index (Phi) is 11.2.